The van der Waals surface area contributed by atoms with Gasteiger partial charge < -0.3 is 5.32 Å². The van der Waals surface area contributed by atoms with E-state index in [0.717, 1.165) is 5.56 Å². The van der Waals surface area contributed by atoms with Crippen LogP contribution in [0.25, 0.3) is 10.6 Å². The number of anilines is 1. The van der Waals surface area contributed by atoms with Gasteiger partial charge >= 0.3 is 0 Å². The Morgan fingerprint density at radius 2 is 1.84 bits per heavy atom. The number of hydrogen-bond acceptors (Lipinski definition) is 7. The van der Waals surface area contributed by atoms with E-state index in [1.807, 2.05) is 18.2 Å². The van der Waals surface area contributed by atoms with Crippen LogP contribution in [0.15, 0.2) is 53.5 Å². The van der Waals surface area contributed by atoms with E-state index in [0.29, 0.717) is 27.1 Å². The Kier molecular flexibility index (Phi) is 3.55. The zero-order valence-electron chi connectivity index (χ0n) is 12.5. The first-order valence-corrected chi connectivity index (χ1v) is 8.01. The molecular formula is C16H9N5O3S. The molecule has 25 heavy (non-hydrogen) atoms. The maximum Gasteiger partial charge on any atom is 0.275 e. The average Bonchev–Trinajstić information content (AvgIpc) is 3.20. The number of nitrogens with one attached hydrogen (secondary N) is 1. The largest absolute Gasteiger partial charge is 0.320 e. The molecule has 0 unspecified atom stereocenters. The normalized spacial score (nSPS) is 14.4. The van der Waals surface area contributed by atoms with Crippen molar-refractivity contribution in [2.75, 3.05) is 5.32 Å². The number of rotatable bonds is 3. The molecule has 1 amide bonds. The Bertz CT molecular complexity index is 1030. The molecule has 0 fully saturated rings. The lowest BCUT2D eigenvalue weighted by Gasteiger charge is -1.95. The van der Waals surface area contributed by atoms with Gasteiger partial charge in [0.15, 0.2) is 0 Å². The summed E-state index contributed by atoms with van der Waals surface area (Å²) >= 11 is 1.20. The van der Waals surface area contributed by atoms with E-state index < -0.39 is 4.92 Å². The van der Waals surface area contributed by atoms with Gasteiger partial charge in [0.05, 0.1) is 10.6 Å². The highest BCUT2D eigenvalue weighted by molar-refractivity contribution is 7.18. The van der Waals surface area contributed by atoms with E-state index in [4.69, 9.17) is 0 Å². The first-order valence-electron chi connectivity index (χ1n) is 7.19. The van der Waals surface area contributed by atoms with Gasteiger partial charge in [-0.2, -0.15) is 0 Å². The van der Waals surface area contributed by atoms with Crippen molar-refractivity contribution in [3.63, 3.8) is 0 Å². The summed E-state index contributed by atoms with van der Waals surface area (Å²) in [7, 11) is 0. The quantitative estimate of drug-likeness (QED) is 0.575. The summed E-state index contributed by atoms with van der Waals surface area (Å²) in [5, 5.41) is 22.4. The van der Waals surface area contributed by atoms with Crippen LogP contribution in [-0.4, -0.2) is 26.7 Å². The van der Waals surface area contributed by atoms with Crippen molar-refractivity contribution in [1.82, 2.24) is 10.2 Å². The Morgan fingerprint density at radius 1 is 1.08 bits per heavy atom. The molecule has 1 N–H and O–H groups in total. The second kappa shape index (κ2) is 5.87. The van der Waals surface area contributed by atoms with Crippen LogP contribution in [-0.2, 0) is 4.79 Å². The number of fused-ring (bicyclic) bond motifs is 1. The van der Waals surface area contributed by atoms with Crippen molar-refractivity contribution in [2.24, 2.45) is 4.99 Å². The molecule has 2 aromatic carbocycles. The summed E-state index contributed by atoms with van der Waals surface area (Å²) in [5.74, 6) is -0.284. The Balaban J connectivity index is 1.66. The molecule has 1 aliphatic heterocycles. The molecule has 4 rings (SSSR count). The predicted molar refractivity (Wildman–Crippen MR) is 93.3 cm³/mol. The smallest absolute Gasteiger partial charge is 0.275 e. The minimum atomic E-state index is -0.461. The number of para-hydroxylation sites is 1. The Morgan fingerprint density at radius 3 is 2.60 bits per heavy atom. The molecule has 8 nitrogen and oxygen atoms in total. The van der Waals surface area contributed by atoms with E-state index in [-0.39, 0.29) is 11.6 Å². The molecule has 122 valence electrons. The summed E-state index contributed by atoms with van der Waals surface area (Å²) in [6.45, 7) is 0. The van der Waals surface area contributed by atoms with Crippen molar-refractivity contribution in [2.45, 2.75) is 0 Å². The van der Waals surface area contributed by atoms with Crippen LogP contribution in [0, 0.1) is 10.1 Å². The SMILES string of the molecule is O=C1Nc2ccccc2C1=Nc1nnc(-c2ccc([N+](=O)[O-])cc2)s1. The Labute approximate surface area is 145 Å². The third-order valence-corrected chi connectivity index (χ3v) is 4.46. The second-order valence-electron chi connectivity index (χ2n) is 5.15. The number of benzene rings is 2. The summed E-state index contributed by atoms with van der Waals surface area (Å²) in [4.78, 5) is 26.6. The molecule has 0 saturated heterocycles. The lowest BCUT2D eigenvalue weighted by atomic mass is 10.1. The van der Waals surface area contributed by atoms with E-state index in [1.165, 1.54) is 23.5 Å². The lowest BCUT2D eigenvalue weighted by molar-refractivity contribution is -0.384. The highest BCUT2D eigenvalue weighted by Crippen LogP contribution is 2.31. The van der Waals surface area contributed by atoms with Gasteiger partial charge in [0, 0.05) is 23.3 Å². The van der Waals surface area contributed by atoms with Gasteiger partial charge in [0.2, 0.25) is 5.13 Å². The number of non-ortho nitro benzene ring substituents is 1. The van der Waals surface area contributed by atoms with E-state index in [1.54, 1.807) is 18.2 Å². The molecule has 1 aliphatic rings. The average molecular weight is 351 g/mol. The number of hydrogen-bond donors (Lipinski definition) is 1. The summed E-state index contributed by atoms with van der Waals surface area (Å²) in [6.07, 6.45) is 0. The van der Waals surface area contributed by atoms with Gasteiger partial charge in [-0.3, -0.25) is 14.9 Å². The van der Waals surface area contributed by atoms with Crippen LogP contribution in [0.5, 0.6) is 0 Å². The fraction of sp³-hybridized carbons (Fsp3) is 0. The molecular weight excluding hydrogens is 342 g/mol. The fourth-order valence-electron chi connectivity index (χ4n) is 2.41. The first-order chi connectivity index (χ1) is 12.1. The molecule has 0 atom stereocenters. The van der Waals surface area contributed by atoms with Crippen LogP contribution in [0.2, 0.25) is 0 Å². The van der Waals surface area contributed by atoms with Crippen molar-refractivity contribution in [3.05, 3.63) is 64.2 Å². The van der Waals surface area contributed by atoms with Gasteiger partial charge in [-0.05, 0) is 18.2 Å². The third kappa shape index (κ3) is 2.76. The van der Waals surface area contributed by atoms with Crippen molar-refractivity contribution in [3.8, 4) is 10.6 Å². The van der Waals surface area contributed by atoms with Gasteiger partial charge in [0.1, 0.15) is 10.7 Å². The van der Waals surface area contributed by atoms with E-state index >= 15 is 0 Å². The zero-order valence-corrected chi connectivity index (χ0v) is 13.4. The molecule has 1 aromatic heterocycles. The molecule has 0 spiro atoms. The van der Waals surface area contributed by atoms with Crippen LogP contribution in [0.3, 0.4) is 0 Å². The molecule has 2 heterocycles. The second-order valence-corrected chi connectivity index (χ2v) is 6.11. The minimum absolute atomic E-state index is 0.00738. The predicted octanol–water partition coefficient (Wildman–Crippen LogP) is 3.19. The van der Waals surface area contributed by atoms with Gasteiger partial charge in [-0.1, -0.05) is 29.5 Å². The van der Waals surface area contributed by atoms with E-state index in [9.17, 15) is 14.9 Å². The first kappa shape index (κ1) is 15.1. The molecule has 0 saturated carbocycles. The van der Waals surface area contributed by atoms with Crippen LogP contribution >= 0.6 is 11.3 Å². The van der Waals surface area contributed by atoms with Crippen LogP contribution < -0.4 is 5.32 Å². The highest BCUT2D eigenvalue weighted by Gasteiger charge is 2.25. The number of amides is 1. The molecule has 0 radical (unpaired) electrons. The highest BCUT2D eigenvalue weighted by atomic mass is 32.1. The molecule has 0 aliphatic carbocycles. The number of aliphatic imine (C=N–C) groups is 1. The number of carbonyl (C=O) groups is 1. The van der Waals surface area contributed by atoms with Gasteiger partial charge in [0.25, 0.3) is 11.6 Å². The fourth-order valence-corrected chi connectivity index (χ4v) is 3.14. The maximum absolute atomic E-state index is 12.1. The molecule has 0 bridgehead atoms. The van der Waals surface area contributed by atoms with Crippen molar-refractivity contribution < 1.29 is 9.72 Å². The van der Waals surface area contributed by atoms with Crippen LogP contribution in [0.1, 0.15) is 5.56 Å². The number of aromatic nitrogens is 2. The number of nitro benzene ring substituents is 1. The standard InChI is InChI=1S/C16H9N5O3S/c22-14-13(11-3-1-2-4-12(11)17-14)18-16-20-19-15(25-16)9-5-7-10(8-6-9)21(23)24/h1-8H,(H,17,18,20,22). The Hall–Kier alpha value is -3.46. The number of nitro groups is 1. The summed E-state index contributed by atoms with van der Waals surface area (Å²) < 4.78 is 0. The van der Waals surface area contributed by atoms with Crippen LogP contribution in [0.4, 0.5) is 16.5 Å². The lowest BCUT2D eigenvalue weighted by Crippen LogP contribution is -2.13. The maximum atomic E-state index is 12.1. The van der Waals surface area contributed by atoms with Gasteiger partial charge in [-0.15, -0.1) is 10.2 Å². The minimum Gasteiger partial charge on any atom is -0.320 e. The monoisotopic (exact) mass is 351 g/mol. The van der Waals surface area contributed by atoms with Crippen molar-refractivity contribution in [1.29, 1.82) is 0 Å². The topological polar surface area (TPSA) is 110 Å². The summed E-state index contributed by atoms with van der Waals surface area (Å²) in [5.41, 5.74) is 2.44. The molecule has 3 aromatic rings. The zero-order chi connectivity index (χ0) is 17.4. The van der Waals surface area contributed by atoms with E-state index in [2.05, 4.69) is 20.5 Å². The number of carbonyl (C=O) groups excluding carboxylic acids is 1. The molecule has 9 heteroatoms. The van der Waals surface area contributed by atoms with Gasteiger partial charge in [-0.25, -0.2) is 4.99 Å². The van der Waals surface area contributed by atoms with Crippen molar-refractivity contribution >= 4 is 39.5 Å². The number of nitrogens with zero attached hydrogens (tertiary/aromatic N) is 4. The summed E-state index contributed by atoms with van der Waals surface area (Å²) in [6, 6.07) is 13.3. The third-order valence-electron chi connectivity index (χ3n) is 3.59.